The van der Waals surface area contributed by atoms with Crippen molar-refractivity contribution in [1.82, 2.24) is 4.98 Å². The smallest absolute Gasteiger partial charge is 0.328 e. The van der Waals surface area contributed by atoms with E-state index in [0.717, 1.165) is 28.3 Å². The summed E-state index contributed by atoms with van der Waals surface area (Å²) in [6, 6.07) is 7.23. The maximum atomic E-state index is 11.5. The molecular weight excluding hydrogens is 312 g/mol. The molecule has 1 aromatic heterocycles. The van der Waals surface area contributed by atoms with Crippen molar-refractivity contribution in [2.75, 3.05) is 5.32 Å². The lowest BCUT2D eigenvalue weighted by Crippen LogP contribution is -2.08. The van der Waals surface area contributed by atoms with Gasteiger partial charge in [-0.15, -0.1) is 11.3 Å². The number of carbonyl (C=O) groups is 2. The van der Waals surface area contributed by atoms with E-state index >= 15 is 0 Å². The third-order valence-corrected chi connectivity index (χ3v) is 3.66. The number of carboxylic acids is 1. The Kier molecular flexibility index (Phi) is 4.72. The minimum absolute atomic E-state index is 0.414. The van der Waals surface area contributed by atoms with Crippen molar-refractivity contribution < 1.29 is 14.7 Å². The Morgan fingerprint density at radius 1 is 1.29 bits per heavy atom. The van der Waals surface area contributed by atoms with Crippen LogP contribution in [0.4, 0.5) is 5.13 Å². The molecule has 2 N–H and O–H groups in total. The van der Waals surface area contributed by atoms with E-state index in [-0.39, 0.29) is 0 Å². The lowest BCUT2D eigenvalue weighted by molar-refractivity contribution is -0.131. The Labute approximate surface area is 129 Å². The molecule has 0 aliphatic carbocycles. The van der Waals surface area contributed by atoms with Crippen LogP contribution in [0.25, 0.3) is 11.3 Å². The highest BCUT2D eigenvalue weighted by molar-refractivity contribution is 7.16. The van der Waals surface area contributed by atoms with Gasteiger partial charge in [-0.1, -0.05) is 23.7 Å². The minimum atomic E-state index is -1.18. The van der Waals surface area contributed by atoms with Gasteiger partial charge >= 0.3 is 5.97 Å². The van der Waals surface area contributed by atoms with Crippen LogP contribution in [0.15, 0.2) is 36.4 Å². The van der Waals surface area contributed by atoms with Crippen molar-refractivity contribution in [2.45, 2.75) is 6.92 Å². The summed E-state index contributed by atoms with van der Waals surface area (Å²) in [5.41, 5.74) is 1.66. The van der Waals surface area contributed by atoms with E-state index in [0.29, 0.717) is 10.2 Å². The molecule has 0 bridgehead atoms. The summed E-state index contributed by atoms with van der Waals surface area (Å²) in [7, 11) is 0. The number of rotatable bonds is 4. The van der Waals surface area contributed by atoms with E-state index in [1.54, 1.807) is 12.1 Å². The van der Waals surface area contributed by atoms with Crippen LogP contribution in [-0.2, 0) is 9.59 Å². The molecule has 0 aliphatic rings. The Hall–Kier alpha value is -2.18. The molecule has 2 aromatic rings. The van der Waals surface area contributed by atoms with Gasteiger partial charge in [-0.05, 0) is 19.1 Å². The standard InChI is InChI=1S/C14H11ClN2O3S/c1-8-13(9-2-4-10(15)5-3-9)17-14(21-8)16-11(18)6-7-12(19)20/h2-7H,1H3,(H,19,20)(H,16,17,18). The highest BCUT2D eigenvalue weighted by Crippen LogP contribution is 2.30. The monoisotopic (exact) mass is 322 g/mol. The van der Waals surface area contributed by atoms with Gasteiger partial charge in [-0.2, -0.15) is 0 Å². The first-order valence-corrected chi connectivity index (χ1v) is 7.10. The number of carboxylic acid groups (broad SMARTS) is 1. The highest BCUT2D eigenvalue weighted by Gasteiger charge is 2.11. The zero-order chi connectivity index (χ0) is 15.4. The summed E-state index contributed by atoms with van der Waals surface area (Å²) in [6.07, 6.45) is 1.72. The van der Waals surface area contributed by atoms with Crippen LogP contribution in [-0.4, -0.2) is 22.0 Å². The van der Waals surface area contributed by atoms with Crippen LogP contribution in [0, 0.1) is 6.92 Å². The zero-order valence-electron chi connectivity index (χ0n) is 11.0. The quantitative estimate of drug-likeness (QED) is 0.846. The SMILES string of the molecule is Cc1sc(NC(=O)C=CC(=O)O)nc1-c1ccc(Cl)cc1. The van der Waals surface area contributed by atoms with Gasteiger partial charge in [0.1, 0.15) is 0 Å². The molecule has 0 fully saturated rings. The molecule has 7 heteroatoms. The van der Waals surface area contributed by atoms with E-state index in [2.05, 4.69) is 10.3 Å². The Morgan fingerprint density at radius 2 is 1.95 bits per heavy atom. The third-order valence-electron chi connectivity index (χ3n) is 2.52. The molecule has 0 radical (unpaired) electrons. The number of hydrogen-bond donors (Lipinski definition) is 2. The summed E-state index contributed by atoms with van der Waals surface area (Å²) >= 11 is 7.16. The predicted octanol–water partition coefficient (Wildman–Crippen LogP) is 3.35. The van der Waals surface area contributed by atoms with Crippen molar-refractivity contribution in [2.24, 2.45) is 0 Å². The van der Waals surface area contributed by atoms with Crippen molar-refractivity contribution in [3.8, 4) is 11.3 Å². The summed E-state index contributed by atoms with van der Waals surface area (Å²) in [5.74, 6) is -1.71. The van der Waals surface area contributed by atoms with Crippen molar-refractivity contribution in [3.05, 3.63) is 46.3 Å². The molecule has 0 saturated heterocycles. The number of amides is 1. The second-order valence-electron chi connectivity index (χ2n) is 4.09. The maximum absolute atomic E-state index is 11.5. The van der Waals surface area contributed by atoms with Crippen LogP contribution in [0.1, 0.15) is 4.88 Å². The van der Waals surface area contributed by atoms with Gasteiger partial charge in [0.15, 0.2) is 5.13 Å². The van der Waals surface area contributed by atoms with Crippen LogP contribution >= 0.6 is 22.9 Å². The lowest BCUT2D eigenvalue weighted by Gasteiger charge is -1.98. The number of carbonyl (C=O) groups excluding carboxylic acids is 1. The fraction of sp³-hybridized carbons (Fsp3) is 0.0714. The van der Waals surface area contributed by atoms with E-state index in [1.165, 1.54) is 11.3 Å². The van der Waals surface area contributed by atoms with Gasteiger partial charge < -0.3 is 5.11 Å². The normalized spacial score (nSPS) is 10.8. The summed E-state index contributed by atoms with van der Waals surface area (Å²) in [4.78, 5) is 27.1. The number of anilines is 1. The fourth-order valence-electron chi connectivity index (χ4n) is 1.62. The first kappa shape index (κ1) is 15.2. The first-order valence-electron chi connectivity index (χ1n) is 5.91. The first-order chi connectivity index (χ1) is 9.95. The number of aromatic nitrogens is 1. The molecule has 2 rings (SSSR count). The van der Waals surface area contributed by atoms with Gasteiger partial charge in [-0.25, -0.2) is 9.78 Å². The van der Waals surface area contributed by atoms with E-state index in [4.69, 9.17) is 16.7 Å². The molecular formula is C14H11ClN2O3S. The second-order valence-corrected chi connectivity index (χ2v) is 5.73. The number of aliphatic carboxylic acids is 1. The molecule has 0 atom stereocenters. The predicted molar refractivity (Wildman–Crippen MR) is 82.7 cm³/mol. The van der Waals surface area contributed by atoms with Crippen molar-refractivity contribution >= 4 is 39.9 Å². The Morgan fingerprint density at radius 3 is 2.57 bits per heavy atom. The molecule has 0 aliphatic heterocycles. The molecule has 0 unspecified atom stereocenters. The fourth-order valence-corrected chi connectivity index (χ4v) is 2.58. The topological polar surface area (TPSA) is 79.3 Å². The molecule has 5 nitrogen and oxygen atoms in total. The van der Waals surface area contributed by atoms with Crippen LogP contribution in [0.2, 0.25) is 5.02 Å². The number of aryl methyl sites for hydroxylation is 1. The van der Waals surface area contributed by atoms with Gasteiger partial charge in [0.25, 0.3) is 0 Å². The van der Waals surface area contributed by atoms with Crippen molar-refractivity contribution in [1.29, 1.82) is 0 Å². The van der Waals surface area contributed by atoms with E-state index in [1.807, 2.05) is 19.1 Å². The Bertz CT molecular complexity index is 708. The second kappa shape index (κ2) is 6.51. The van der Waals surface area contributed by atoms with Gasteiger partial charge in [-0.3, -0.25) is 10.1 Å². The van der Waals surface area contributed by atoms with Crippen LogP contribution < -0.4 is 5.32 Å². The van der Waals surface area contributed by atoms with Crippen molar-refractivity contribution in [3.63, 3.8) is 0 Å². The molecule has 0 spiro atoms. The maximum Gasteiger partial charge on any atom is 0.328 e. The van der Waals surface area contributed by atoms with Crippen LogP contribution in [0.3, 0.4) is 0 Å². The molecule has 1 aromatic carbocycles. The van der Waals surface area contributed by atoms with Crippen LogP contribution in [0.5, 0.6) is 0 Å². The number of benzene rings is 1. The van der Waals surface area contributed by atoms with E-state index in [9.17, 15) is 9.59 Å². The Balaban J connectivity index is 2.17. The molecule has 21 heavy (non-hydrogen) atoms. The summed E-state index contributed by atoms with van der Waals surface area (Å²) in [6.45, 7) is 1.89. The van der Waals surface area contributed by atoms with E-state index < -0.39 is 11.9 Å². The number of thiazole rings is 1. The van der Waals surface area contributed by atoms with Gasteiger partial charge in [0.2, 0.25) is 5.91 Å². The molecule has 0 saturated carbocycles. The molecule has 1 amide bonds. The summed E-state index contributed by atoms with van der Waals surface area (Å²) < 4.78 is 0. The average molecular weight is 323 g/mol. The number of hydrogen-bond acceptors (Lipinski definition) is 4. The molecule has 1 heterocycles. The number of halogens is 1. The minimum Gasteiger partial charge on any atom is -0.478 e. The highest BCUT2D eigenvalue weighted by atomic mass is 35.5. The van der Waals surface area contributed by atoms with Gasteiger partial charge in [0, 0.05) is 27.6 Å². The zero-order valence-corrected chi connectivity index (χ0v) is 12.5. The number of nitrogens with one attached hydrogen (secondary N) is 1. The van der Waals surface area contributed by atoms with Gasteiger partial charge in [0.05, 0.1) is 5.69 Å². The number of nitrogens with zero attached hydrogens (tertiary/aromatic N) is 1. The third kappa shape index (κ3) is 4.14. The largest absolute Gasteiger partial charge is 0.478 e. The average Bonchev–Trinajstić information content (AvgIpc) is 2.78. The molecule has 108 valence electrons. The lowest BCUT2D eigenvalue weighted by atomic mass is 10.1. The summed E-state index contributed by atoms with van der Waals surface area (Å²) in [5, 5.41) is 12.0.